The highest BCUT2D eigenvalue weighted by molar-refractivity contribution is 5.98. The largest absolute Gasteiger partial charge is 0.469 e. The Kier molecular flexibility index (Phi) is 13.6. The van der Waals surface area contributed by atoms with E-state index in [1.54, 1.807) is 38.1 Å². The van der Waals surface area contributed by atoms with Crippen molar-refractivity contribution in [3.63, 3.8) is 0 Å². The lowest BCUT2D eigenvalue weighted by atomic mass is 10.0. The molecule has 3 atom stereocenters. The molecule has 0 heterocycles. The summed E-state index contributed by atoms with van der Waals surface area (Å²) in [6.45, 7) is 3.49. The lowest BCUT2D eigenvalue weighted by molar-refractivity contribution is -0.141. The molecule has 1 aromatic carbocycles. The Morgan fingerprint density at radius 1 is 0.973 bits per heavy atom. The Bertz CT molecular complexity index is 923. The van der Waals surface area contributed by atoms with Gasteiger partial charge in [-0.3, -0.25) is 19.2 Å². The zero-order valence-corrected chi connectivity index (χ0v) is 21.4. The van der Waals surface area contributed by atoms with Crippen LogP contribution in [0.4, 0.5) is 10.5 Å². The third-order valence-electron chi connectivity index (χ3n) is 5.48. The van der Waals surface area contributed by atoms with Crippen LogP contribution in [0.5, 0.6) is 0 Å². The molecule has 0 bridgehead atoms. The predicted molar refractivity (Wildman–Crippen MR) is 136 cm³/mol. The standard InChI is InChI=1S/C24H38N6O7/c1-14(2)20(30-21(33)17(25)10-11-19(32)37-3)23(35)29-18(5-4-12-27-24(26)36)22(34)28-16-8-6-15(13-31)7-9-16/h6-9,14,17-18,20,31H,4-5,10-13,25H2,1-3H3,(H,28,34)(H,29,35)(H,30,33)(H3,26,27,36)/t17-,18-,20-/m0/s1. The van der Waals surface area contributed by atoms with Gasteiger partial charge in [0.1, 0.15) is 12.1 Å². The average molecular weight is 523 g/mol. The molecule has 0 fully saturated rings. The van der Waals surface area contributed by atoms with Crippen molar-refractivity contribution in [3.8, 4) is 0 Å². The minimum absolute atomic E-state index is 0.0396. The van der Waals surface area contributed by atoms with E-state index in [0.29, 0.717) is 17.7 Å². The van der Waals surface area contributed by atoms with E-state index in [1.165, 1.54) is 7.11 Å². The number of carbonyl (C=O) groups is 5. The van der Waals surface area contributed by atoms with Crippen LogP contribution < -0.4 is 32.7 Å². The van der Waals surface area contributed by atoms with Gasteiger partial charge in [0.05, 0.1) is 19.8 Å². The molecule has 0 radical (unpaired) electrons. The summed E-state index contributed by atoms with van der Waals surface area (Å²) in [5.41, 5.74) is 12.1. The van der Waals surface area contributed by atoms with Gasteiger partial charge in [-0.15, -0.1) is 0 Å². The van der Waals surface area contributed by atoms with Gasteiger partial charge in [-0.25, -0.2) is 4.79 Å². The fourth-order valence-electron chi connectivity index (χ4n) is 3.27. The van der Waals surface area contributed by atoms with Crippen molar-refractivity contribution in [1.82, 2.24) is 16.0 Å². The molecule has 0 aromatic heterocycles. The molecule has 0 aliphatic rings. The second-order valence-electron chi connectivity index (χ2n) is 8.79. The van der Waals surface area contributed by atoms with Crippen LogP contribution in [-0.4, -0.2) is 66.6 Å². The van der Waals surface area contributed by atoms with Gasteiger partial charge in [-0.05, 0) is 42.9 Å². The number of benzene rings is 1. The number of nitrogens with two attached hydrogens (primary N) is 2. The number of nitrogens with one attached hydrogen (secondary N) is 4. The maximum Gasteiger partial charge on any atom is 0.312 e. The number of aliphatic hydroxyl groups excluding tert-OH is 1. The number of carbonyl (C=O) groups excluding carboxylic acids is 5. The van der Waals surface area contributed by atoms with Crippen LogP contribution in [0.1, 0.15) is 45.1 Å². The summed E-state index contributed by atoms with van der Waals surface area (Å²) in [6, 6.07) is 2.79. The summed E-state index contributed by atoms with van der Waals surface area (Å²) in [7, 11) is 1.23. The number of esters is 1. The number of hydrogen-bond donors (Lipinski definition) is 7. The number of anilines is 1. The molecule has 206 valence electrons. The maximum absolute atomic E-state index is 13.1. The number of ether oxygens (including phenoxy) is 1. The van der Waals surface area contributed by atoms with Crippen molar-refractivity contribution in [3.05, 3.63) is 29.8 Å². The molecule has 0 aliphatic heterocycles. The zero-order valence-electron chi connectivity index (χ0n) is 21.4. The van der Waals surface area contributed by atoms with Crippen LogP contribution in [0, 0.1) is 5.92 Å². The predicted octanol–water partition coefficient (Wildman–Crippen LogP) is -0.528. The van der Waals surface area contributed by atoms with Crippen LogP contribution in [0.15, 0.2) is 24.3 Å². The quantitative estimate of drug-likeness (QED) is 0.117. The van der Waals surface area contributed by atoms with Crippen LogP contribution in [0.2, 0.25) is 0 Å². The smallest absolute Gasteiger partial charge is 0.312 e. The second kappa shape index (κ2) is 16.1. The van der Waals surface area contributed by atoms with Gasteiger partial charge >= 0.3 is 12.0 Å². The third kappa shape index (κ3) is 11.7. The van der Waals surface area contributed by atoms with Crippen LogP contribution in [0.25, 0.3) is 0 Å². The number of rotatable bonds is 15. The molecular formula is C24H38N6O7. The fourth-order valence-corrected chi connectivity index (χ4v) is 3.27. The number of amides is 5. The minimum Gasteiger partial charge on any atom is -0.469 e. The van der Waals surface area contributed by atoms with E-state index in [-0.39, 0.29) is 38.3 Å². The first-order valence-corrected chi connectivity index (χ1v) is 12.0. The fraction of sp³-hybridized carbons (Fsp3) is 0.542. The van der Waals surface area contributed by atoms with E-state index < -0.39 is 47.8 Å². The average Bonchev–Trinajstić information content (AvgIpc) is 2.86. The first kappa shape index (κ1) is 31.3. The molecule has 0 spiro atoms. The molecular weight excluding hydrogens is 484 g/mol. The normalized spacial score (nSPS) is 13.1. The summed E-state index contributed by atoms with van der Waals surface area (Å²) >= 11 is 0. The molecule has 0 aliphatic carbocycles. The van der Waals surface area contributed by atoms with Gasteiger partial charge in [0.25, 0.3) is 0 Å². The highest BCUT2D eigenvalue weighted by atomic mass is 16.5. The van der Waals surface area contributed by atoms with Gasteiger partial charge in [-0.1, -0.05) is 26.0 Å². The van der Waals surface area contributed by atoms with Gasteiger partial charge in [0.15, 0.2) is 0 Å². The van der Waals surface area contributed by atoms with Crippen molar-refractivity contribution in [2.75, 3.05) is 19.0 Å². The monoisotopic (exact) mass is 522 g/mol. The van der Waals surface area contributed by atoms with Crippen molar-refractivity contribution in [2.45, 2.75) is 64.3 Å². The number of methoxy groups -OCH3 is 1. The molecule has 13 heteroatoms. The summed E-state index contributed by atoms with van der Waals surface area (Å²) in [6.07, 6.45) is 0.494. The Labute approximate surface area is 216 Å². The Balaban J connectivity index is 2.91. The molecule has 0 unspecified atom stereocenters. The van der Waals surface area contributed by atoms with E-state index in [1.807, 2.05) is 0 Å². The second-order valence-corrected chi connectivity index (χ2v) is 8.79. The van der Waals surface area contributed by atoms with Gasteiger partial charge in [-0.2, -0.15) is 0 Å². The van der Waals surface area contributed by atoms with Gasteiger partial charge < -0.3 is 42.6 Å². The van der Waals surface area contributed by atoms with Crippen LogP contribution in [-0.2, 0) is 30.5 Å². The van der Waals surface area contributed by atoms with Crippen LogP contribution in [0.3, 0.4) is 0 Å². The van der Waals surface area contributed by atoms with E-state index in [4.69, 9.17) is 11.5 Å². The number of aliphatic hydroxyl groups is 1. The van der Waals surface area contributed by atoms with E-state index in [0.717, 1.165) is 0 Å². The van der Waals surface area contributed by atoms with Crippen molar-refractivity contribution < 1.29 is 33.8 Å². The molecule has 5 amide bonds. The first-order chi connectivity index (χ1) is 17.5. The summed E-state index contributed by atoms with van der Waals surface area (Å²) < 4.78 is 4.54. The highest BCUT2D eigenvalue weighted by Crippen LogP contribution is 2.12. The summed E-state index contributed by atoms with van der Waals surface area (Å²) in [5.74, 6) is -2.57. The topological polar surface area (TPSA) is 215 Å². The Morgan fingerprint density at radius 3 is 2.16 bits per heavy atom. The summed E-state index contributed by atoms with van der Waals surface area (Å²) in [4.78, 5) is 60.9. The maximum atomic E-state index is 13.1. The van der Waals surface area contributed by atoms with E-state index in [2.05, 4.69) is 26.0 Å². The summed E-state index contributed by atoms with van der Waals surface area (Å²) in [5, 5.41) is 19.6. The number of primary amides is 1. The number of urea groups is 1. The van der Waals surface area contributed by atoms with Crippen molar-refractivity contribution in [1.29, 1.82) is 0 Å². The van der Waals surface area contributed by atoms with E-state index in [9.17, 15) is 29.1 Å². The van der Waals surface area contributed by atoms with Crippen molar-refractivity contribution >= 4 is 35.4 Å². The minimum atomic E-state index is -1.03. The molecule has 37 heavy (non-hydrogen) atoms. The Morgan fingerprint density at radius 2 is 1.62 bits per heavy atom. The lowest BCUT2D eigenvalue weighted by Crippen LogP contribution is -2.56. The molecule has 0 saturated heterocycles. The van der Waals surface area contributed by atoms with Gasteiger partial charge in [0, 0.05) is 18.7 Å². The van der Waals surface area contributed by atoms with Crippen molar-refractivity contribution in [2.24, 2.45) is 17.4 Å². The SMILES string of the molecule is COC(=O)CC[C@H](N)C(=O)N[C@H](C(=O)N[C@@H](CCCNC(N)=O)C(=O)Nc1ccc(CO)cc1)C(C)C. The number of hydrogen-bond acceptors (Lipinski definition) is 8. The molecule has 9 N–H and O–H groups in total. The Hall–Kier alpha value is -3.71. The van der Waals surface area contributed by atoms with E-state index >= 15 is 0 Å². The molecule has 13 nitrogen and oxygen atoms in total. The zero-order chi connectivity index (χ0) is 28.0. The highest BCUT2D eigenvalue weighted by Gasteiger charge is 2.30. The molecule has 1 aromatic rings. The molecule has 0 saturated carbocycles. The van der Waals surface area contributed by atoms with Crippen LogP contribution >= 0.6 is 0 Å². The van der Waals surface area contributed by atoms with Gasteiger partial charge in [0.2, 0.25) is 17.7 Å². The molecule has 1 rings (SSSR count). The third-order valence-corrected chi connectivity index (χ3v) is 5.48. The first-order valence-electron chi connectivity index (χ1n) is 12.0. The lowest BCUT2D eigenvalue weighted by Gasteiger charge is -2.26.